The summed E-state index contributed by atoms with van der Waals surface area (Å²) in [5, 5.41) is 0.628. The molecule has 0 unspecified atom stereocenters. The summed E-state index contributed by atoms with van der Waals surface area (Å²) in [7, 11) is -3.44. The Morgan fingerprint density at radius 1 is 1.03 bits per heavy atom. The first kappa shape index (κ1) is 24.4. The van der Waals surface area contributed by atoms with Crippen molar-refractivity contribution in [3.8, 4) is 0 Å². The summed E-state index contributed by atoms with van der Waals surface area (Å²) < 4.78 is 26.4. The predicted octanol–water partition coefficient (Wildman–Crippen LogP) is 6.11. The van der Waals surface area contributed by atoms with Gasteiger partial charge >= 0.3 is 0 Å². The van der Waals surface area contributed by atoms with E-state index < -0.39 is 9.84 Å². The summed E-state index contributed by atoms with van der Waals surface area (Å²) in [4.78, 5) is 21.1. The molecule has 176 valence electrons. The number of fused-ring (bicyclic) bond motifs is 1. The van der Waals surface area contributed by atoms with Crippen LogP contribution in [-0.2, 0) is 21.2 Å². The van der Waals surface area contributed by atoms with Crippen molar-refractivity contribution in [1.82, 2.24) is 4.98 Å². The number of aromatic nitrogens is 1. The Labute approximate surface area is 208 Å². The van der Waals surface area contributed by atoms with E-state index in [1.165, 1.54) is 11.3 Å². The molecule has 0 aliphatic heterocycles. The molecule has 0 aliphatic carbocycles. The van der Waals surface area contributed by atoms with Crippen LogP contribution in [0.5, 0.6) is 0 Å². The molecule has 0 fully saturated rings. The highest BCUT2D eigenvalue weighted by atomic mass is 32.2. The number of anilines is 1. The predicted molar refractivity (Wildman–Crippen MR) is 141 cm³/mol. The Kier molecular flexibility index (Phi) is 7.70. The van der Waals surface area contributed by atoms with E-state index >= 15 is 0 Å². The van der Waals surface area contributed by atoms with Gasteiger partial charge in [-0.25, -0.2) is 13.4 Å². The van der Waals surface area contributed by atoms with E-state index in [4.69, 9.17) is 4.98 Å². The molecule has 0 N–H and O–H groups in total. The van der Waals surface area contributed by atoms with Crippen molar-refractivity contribution in [3.05, 3.63) is 83.9 Å². The van der Waals surface area contributed by atoms with Gasteiger partial charge < -0.3 is 0 Å². The molecule has 0 saturated heterocycles. The molecule has 0 atom stereocenters. The van der Waals surface area contributed by atoms with Crippen molar-refractivity contribution in [1.29, 1.82) is 0 Å². The summed E-state index contributed by atoms with van der Waals surface area (Å²) in [6, 6.07) is 22.7. The van der Waals surface area contributed by atoms with Crippen LogP contribution in [0, 0.1) is 6.92 Å². The molecule has 4 aromatic rings. The normalized spacial score (nSPS) is 11.6. The first-order chi connectivity index (χ1) is 16.4. The van der Waals surface area contributed by atoms with Gasteiger partial charge in [0.1, 0.15) is 0 Å². The molecule has 1 amide bonds. The molecule has 0 bridgehead atoms. The van der Waals surface area contributed by atoms with E-state index in [2.05, 4.69) is 6.07 Å². The number of hydrogen-bond donors (Lipinski definition) is 0. The lowest BCUT2D eigenvalue weighted by Crippen LogP contribution is -2.30. The molecule has 5 nitrogen and oxygen atoms in total. The zero-order valence-electron chi connectivity index (χ0n) is 19.1. The van der Waals surface area contributed by atoms with Gasteiger partial charge in [0.05, 0.1) is 27.4 Å². The van der Waals surface area contributed by atoms with Gasteiger partial charge in [0, 0.05) is 11.3 Å². The SMILES string of the molecule is CSc1ccc2nc(N(Cc3ccccc3)C(=O)CCCS(=O)(=O)c3ccc(C)cc3)sc2c1. The summed E-state index contributed by atoms with van der Waals surface area (Å²) >= 11 is 3.15. The van der Waals surface area contributed by atoms with E-state index in [9.17, 15) is 13.2 Å². The molecule has 0 spiro atoms. The second-order valence-corrected chi connectivity index (χ2v) is 12.0. The number of thioether (sulfide) groups is 1. The standard InChI is InChI=1S/C26H26N2O3S3/c1-19-10-13-22(14-11-19)34(30,31)16-6-9-25(29)28(18-20-7-4-3-5-8-20)26-27-23-15-12-21(32-2)17-24(23)33-26/h3-5,7-8,10-15,17H,6,9,16,18H2,1-2H3. The second-order valence-electron chi connectivity index (χ2n) is 8.03. The molecule has 8 heteroatoms. The van der Waals surface area contributed by atoms with Gasteiger partial charge in [-0.05, 0) is 55.5 Å². The van der Waals surface area contributed by atoms with Crippen molar-refractivity contribution < 1.29 is 13.2 Å². The van der Waals surface area contributed by atoms with Crippen LogP contribution < -0.4 is 4.90 Å². The summed E-state index contributed by atoms with van der Waals surface area (Å²) in [6.45, 7) is 2.31. The highest BCUT2D eigenvalue weighted by molar-refractivity contribution is 7.98. The third-order valence-electron chi connectivity index (χ3n) is 5.48. The van der Waals surface area contributed by atoms with Crippen LogP contribution >= 0.6 is 23.1 Å². The molecule has 0 saturated carbocycles. The smallest absolute Gasteiger partial charge is 0.229 e. The van der Waals surface area contributed by atoms with Crippen molar-refractivity contribution in [2.45, 2.75) is 36.1 Å². The minimum Gasteiger partial charge on any atom is -0.284 e. The average molecular weight is 511 g/mol. The number of carbonyl (C=O) groups excluding carboxylic acids is 1. The molecular formula is C26H26N2O3S3. The maximum atomic E-state index is 13.3. The molecule has 34 heavy (non-hydrogen) atoms. The number of nitrogens with zero attached hydrogens (tertiary/aromatic N) is 2. The number of rotatable bonds is 9. The Balaban J connectivity index is 1.53. The number of sulfone groups is 1. The third-order valence-corrected chi connectivity index (χ3v) is 9.07. The van der Waals surface area contributed by atoms with Gasteiger partial charge in [-0.2, -0.15) is 0 Å². The van der Waals surface area contributed by atoms with Gasteiger partial charge in [-0.1, -0.05) is 59.4 Å². The van der Waals surface area contributed by atoms with Crippen molar-refractivity contribution >= 4 is 54.2 Å². The van der Waals surface area contributed by atoms with Gasteiger partial charge in [0.25, 0.3) is 0 Å². The summed E-state index contributed by atoms with van der Waals surface area (Å²) in [6.07, 6.45) is 2.41. The lowest BCUT2D eigenvalue weighted by Gasteiger charge is -2.20. The number of aryl methyl sites for hydroxylation is 1. The number of amides is 1. The minimum absolute atomic E-state index is 0.0715. The molecule has 1 heterocycles. The highest BCUT2D eigenvalue weighted by Gasteiger charge is 2.22. The van der Waals surface area contributed by atoms with Crippen LogP contribution in [-0.4, -0.2) is 31.3 Å². The number of benzene rings is 3. The maximum absolute atomic E-state index is 13.3. The van der Waals surface area contributed by atoms with Gasteiger partial charge in [0.15, 0.2) is 15.0 Å². The molecule has 4 rings (SSSR count). The number of hydrogen-bond acceptors (Lipinski definition) is 6. The van der Waals surface area contributed by atoms with Gasteiger partial charge in [-0.15, -0.1) is 11.8 Å². The lowest BCUT2D eigenvalue weighted by molar-refractivity contribution is -0.118. The number of carbonyl (C=O) groups is 1. The molecular weight excluding hydrogens is 484 g/mol. The molecule has 3 aromatic carbocycles. The molecule has 0 aliphatic rings. The average Bonchev–Trinajstić information content (AvgIpc) is 3.26. The number of thiazole rings is 1. The fourth-order valence-electron chi connectivity index (χ4n) is 3.58. The van der Waals surface area contributed by atoms with Crippen LogP contribution in [0.2, 0.25) is 0 Å². The van der Waals surface area contributed by atoms with Crippen LogP contribution in [0.3, 0.4) is 0 Å². The first-order valence-electron chi connectivity index (χ1n) is 10.9. The van der Waals surface area contributed by atoms with Gasteiger partial charge in [0.2, 0.25) is 5.91 Å². The lowest BCUT2D eigenvalue weighted by atomic mass is 10.2. The molecule has 1 aromatic heterocycles. The third kappa shape index (κ3) is 5.87. The zero-order chi connectivity index (χ0) is 24.1. The highest BCUT2D eigenvalue weighted by Crippen LogP contribution is 2.33. The second kappa shape index (κ2) is 10.7. The monoisotopic (exact) mass is 510 g/mol. The molecule has 0 radical (unpaired) electrons. The Morgan fingerprint density at radius 2 is 1.76 bits per heavy atom. The van der Waals surface area contributed by atoms with E-state index in [1.807, 2.05) is 55.6 Å². The Hall–Kier alpha value is -2.68. The van der Waals surface area contributed by atoms with Crippen molar-refractivity contribution in [3.63, 3.8) is 0 Å². The van der Waals surface area contributed by atoms with Gasteiger partial charge in [-0.3, -0.25) is 9.69 Å². The van der Waals surface area contributed by atoms with Crippen molar-refractivity contribution in [2.75, 3.05) is 16.9 Å². The summed E-state index contributed by atoms with van der Waals surface area (Å²) in [5.41, 5.74) is 2.85. The fraction of sp³-hybridized carbons (Fsp3) is 0.231. The van der Waals surface area contributed by atoms with Crippen LogP contribution in [0.25, 0.3) is 10.2 Å². The first-order valence-corrected chi connectivity index (χ1v) is 14.6. The largest absolute Gasteiger partial charge is 0.284 e. The van der Waals surface area contributed by atoms with E-state index in [0.717, 1.165) is 26.2 Å². The van der Waals surface area contributed by atoms with Crippen molar-refractivity contribution in [2.24, 2.45) is 0 Å². The van der Waals surface area contributed by atoms with E-state index in [1.54, 1.807) is 40.9 Å². The minimum atomic E-state index is -3.44. The Morgan fingerprint density at radius 3 is 2.47 bits per heavy atom. The summed E-state index contributed by atoms with van der Waals surface area (Å²) in [5.74, 6) is -0.204. The maximum Gasteiger partial charge on any atom is 0.229 e. The van der Waals surface area contributed by atoms with Crippen LogP contribution in [0.4, 0.5) is 5.13 Å². The van der Waals surface area contributed by atoms with Crippen LogP contribution in [0.1, 0.15) is 24.0 Å². The van der Waals surface area contributed by atoms with E-state index in [0.29, 0.717) is 16.6 Å². The Bertz CT molecular complexity index is 1380. The zero-order valence-corrected chi connectivity index (χ0v) is 21.6. The topological polar surface area (TPSA) is 67.3 Å². The van der Waals surface area contributed by atoms with Crippen LogP contribution in [0.15, 0.2) is 82.6 Å². The van der Waals surface area contributed by atoms with E-state index in [-0.39, 0.29) is 24.5 Å². The fourth-order valence-corrected chi connectivity index (χ4v) is 6.42. The quantitative estimate of drug-likeness (QED) is 0.254.